The van der Waals surface area contributed by atoms with Crippen LogP contribution in [-0.4, -0.2) is 18.2 Å². The first-order valence-electron chi connectivity index (χ1n) is 5.56. The number of aliphatic hydroxyl groups excluding tert-OH is 1. The van der Waals surface area contributed by atoms with Gasteiger partial charge in [0.15, 0.2) is 0 Å². The summed E-state index contributed by atoms with van der Waals surface area (Å²) in [6.07, 6.45) is 1.23. The molecule has 1 aliphatic heterocycles. The van der Waals surface area contributed by atoms with Crippen LogP contribution in [-0.2, 0) is 6.61 Å². The monoisotopic (exact) mass is 205 g/mol. The lowest BCUT2D eigenvalue weighted by atomic mass is 9.93. The van der Waals surface area contributed by atoms with Crippen molar-refractivity contribution in [3.63, 3.8) is 0 Å². The second-order valence-electron chi connectivity index (χ2n) is 5.12. The number of anilines is 1. The Balaban J connectivity index is 2.23. The molecule has 0 saturated carbocycles. The normalized spacial score (nSPS) is 19.5. The number of aliphatic hydroxyl groups is 1. The molecular weight excluding hydrogens is 186 g/mol. The van der Waals surface area contributed by atoms with E-state index in [-0.39, 0.29) is 6.61 Å². The van der Waals surface area contributed by atoms with Crippen LogP contribution >= 0.6 is 0 Å². The van der Waals surface area contributed by atoms with E-state index in [1.54, 1.807) is 0 Å². The average Bonchev–Trinajstić information content (AvgIpc) is 2.59. The molecule has 0 bridgehead atoms. The molecule has 1 aromatic carbocycles. The van der Waals surface area contributed by atoms with Crippen LogP contribution in [0.25, 0.3) is 0 Å². The fourth-order valence-electron chi connectivity index (χ4n) is 2.27. The topological polar surface area (TPSA) is 23.5 Å². The number of benzene rings is 1. The molecular formula is C13H19NO. The summed E-state index contributed by atoms with van der Waals surface area (Å²) in [5.41, 5.74) is 2.64. The maximum Gasteiger partial charge on any atom is 0.0702 e. The third kappa shape index (κ3) is 2.15. The molecule has 0 amide bonds. The van der Waals surface area contributed by atoms with E-state index in [9.17, 15) is 5.11 Å². The fraction of sp³-hybridized carbons (Fsp3) is 0.538. The lowest BCUT2D eigenvalue weighted by molar-refractivity contribution is 0.282. The van der Waals surface area contributed by atoms with Gasteiger partial charge in [-0.2, -0.15) is 0 Å². The Morgan fingerprint density at radius 3 is 2.67 bits per heavy atom. The standard InChI is InChI=1S/C13H19NO/c1-13(2)7-8-14(10-13)12-6-4-3-5-11(12)9-15/h3-6,15H,7-10H2,1-2H3. The van der Waals surface area contributed by atoms with E-state index in [4.69, 9.17) is 0 Å². The summed E-state index contributed by atoms with van der Waals surface area (Å²) >= 11 is 0. The molecule has 1 aromatic rings. The Labute approximate surface area is 91.5 Å². The Morgan fingerprint density at radius 2 is 2.07 bits per heavy atom. The van der Waals surface area contributed by atoms with Gasteiger partial charge in [-0.3, -0.25) is 0 Å². The number of hydrogen-bond donors (Lipinski definition) is 1. The molecule has 1 fully saturated rings. The Hall–Kier alpha value is -1.02. The zero-order valence-electron chi connectivity index (χ0n) is 9.53. The number of hydrogen-bond acceptors (Lipinski definition) is 2. The van der Waals surface area contributed by atoms with Gasteiger partial charge in [-0.05, 0) is 17.9 Å². The third-order valence-corrected chi connectivity index (χ3v) is 3.18. The van der Waals surface area contributed by atoms with E-state index in [0.29, 0.717) is 5.41 Å². The van der Waals surface area contributed by atoms with Crippen molar-refractivity contribution in [1.29, 1.82) is 0 Å². The minimum Gasteiger partial charge on any atom is -0.392 e. The summed E-state index contributed by atoms with van der Waals surface area (Å²) < 4.78 is 0. The van der Waals surface area contributed by atoms with E-state index in [1.807, 2.05) is 18.2 Å². The summed E-state index contributed by atoms with van der Waals surface area (Å²) in [7, 11) is 0. The van der Waals surface area contributed by atoms with Crippen molar-refractivity contribution in [2.45, 2.75) is 26.9 Å². The van der Waals surface area contributed by atoms with Gasteiger partial charge in [-0.15, -0.1) is 0 Å². The van der Waals surface area contributed by atoms with Crippen molar-refractivity contribution in [2.24, 2.45) is 5.41 Å². The van der Waals surface area contributed by atoms with Crippen LogP contribution in [0.2, 0.25) is 0 Å². The smallest absolute Gasteiger partial charge is 0.0702 e. The molecule has 2 rings (SSSR count). The highest BCUT2D eigenvalue weighted by Crippen LogP contribution is 2.33. The number of rotatable bonds is 2. The van der Waals surface area contributed by atoms with E-state index < -0.39 is 0 Å². The first-order chi connectivity index (χ1) is 7.12. The van der Waals surface area contributed by atoms with Crippen LogP contribution < -0.4 is 4.90 Å². The molecule has 15 heavy (non-hydrogen) atoms. The third-order valence-electron chi connectivity index (χ3n) is 3.18. The predicted octanol–water partition coefficient (Wildman–Crippen LogP) is 2.42. The second-order valence-corrected chi connectivity index (χ2v) is 5.12. The SMILES string of the molecule is CC1(C)CCN(c2ccccc2CO)C1. The molecule has 0 spiro atoms. The molecule has 0 atom stereocenters. The quantitative estimate of drug-likeness (QED) is 0.801. The van der Waals surface area contributed by atoms with Crippen molar-refractivity contribution in [3.05, 3.63) is 29.8 Å². The van der Waals surface area contributed by atoms with Gasteiger partial charge in [0.1, 0.15) is 0 Å². The van der Waals surface area contributed by atoms with Crippen molar-refractivity contribution < 1.29 is 5.11 Å². The Morgan fingerprint density at radius 1 is 1.33 bits per heavy atom. The molecule has 1 saturated heterocycles. The molecule has 1 aliphatic rings. The van der Waals surface area contributed by atoms with E-state index in [2.05, 4.69) is 24.8 Å². The summed E-state index contributed by atoms with van der Waals surface area (Å²) in [5, 5.41) is 9.28. The molecule has 0 aliphatic carbocycles. The van der Waals surface area contributed by atoms with Crippen LogP contribution in [0.4, 0.5) is 5.69 Å². The zero-order chi connectivity index (χ0) is 10.9. The van der Waals surface area contributed by atoms with Crippen molar-refractivity contribution in [1.82, 2.24) is 0 Å². The lowest BCUT2D eigenvalue weighted by Crippen LogP contribution is -2.23. The van der Waals surface area contributed by atoms with Crippen LogP contribution in [0.15, 0.2) is 24.3 Å². The lowest BCUT2D eigenvalue weighted by Gasteiger charge is -2.23. The van der Waals surface area contributed by atoms with Crippen LogP contribution in [0, 0.1) is 5.41 Å². The minimum absolute atomic E-state index is 0.132. The Kier molecular flexibility index (Phi) is 2.70. The number of nitrogens with zero attached hydrogens (tertiary/aromatic N) is 1. The summed E-state index contributed by atoms with van der Waals surface area (Å²) in [6.45, 7) is 6.92. The highest BCUT2D eigenvalue weighted by Gasteiger charge is 2.29. The molecule has 1 N–H and O–H groups in total. The Bertz CT molecular complexity index is 346. The molecule has 82 valence electrons. The summed E-state index contributed by atoms with van der Waals surface area (Å²) in [4.78, 5) is 2.38. The van der Waals surface area contributed by atoms with E-state index >= 15 is 0 Å². The van der Waals surface area contributed by atoms with Gasteiger partial charge in [0.25, 0.3) is 0 Å². The number of para-hydroxylation sites is 1. The van der Waals surface area contributed by atoms with Gasteiger partial charge in [0, 0.05) is 24.3 Å². The second kappa shape index (κ2) is 3.86. The van der Waals surface area contributed by atoms with Gasteiger partial charge < -0.3 is 10.0 Å². The van der Waals surface area contributed by atoms with Crippen LogP contribution in [0.3, 0.4) is 0 Å². The molecule has 0 unspecified atom stereocenters. The highest BCUT2D eigenvalue weighted by molar-refractivity contribution is 5.54. The van der Waals surface area contributed by atoms with E-state index in [0.717, 1.165) is 18.7 Å². The van der Waals surface area contributed by atoms with Crippen LogP contribution in [0.5, 0.6) is 0 Å². The first kappa shape index (κ1) is 10.5. The fourth-order valence-corrected chi connectivity index (χ4v) is 2.27. The summed E-state index contributed by atoms with van der Waals surface area (Å²) in [6, 6.07) is 8.13. The highest BCUT2D eigenvalue weighted by atomic mass is 16.3. The largest absolute Gasteiger partial charge is 0.392 e. The molecule has 0 aromatic heterocycles. The average molecular weight is 205 g/mol. The maximum atomic E-state index is 9.28. The van der Waals surface area contributed by atoms with Crippen molar-refractivity contribution in [2.75, 3.05) is 18.0 Å². The van der Waals surface area contributed by atoms with Crippen molar-refractivity contribution in [3.8, 4) is 0 Å². The predicted molar refractivity (Wildman–Crippen MR) is 63.0 cm³/mol. The molecule has 0 radical (unpaired) electrons. The summed E-state index contributed by atoms with van der Waals surface area (Å²) in [5.74, 6) is 0. The van der Waals surface area contributed by atoms with Gasteiger partial charge in [-0.25, -0.2) is 0 Å². The van der Waals surface area contributed by atoms with Gasteiger partial charge in [0.2, 0.25) is 0 Å². The molecule has 2 heteroatoms. The van der Waals surface area contributed by atoms with Crippen molar-refractivity contribution >= 4 is 5.69 Å². The van der Waals surface area contributed by atoms with Gasteiger partial charge in [-0.1, -0.05) is 32.0 Å². The first-order valence-corrected chi connectivity index (χ1v) is 5.56. The van der Waals surface area contributed by atoms with Gasteiger partial charge >= 0.3 is 0 Å². The van der Waals surface area contributed by atoms with E-state index in [1.165, 1.54) is 12.1 Å². The molecule has 2 nitrogen and oxygen atoms in total. The minimum atomic E-state index is 0.132. The maximum absolute atomic E-state index is 9.28. The molecule has 1 heterocycles. The van der Waals surface area contributed by atoms with Crippen LogP contribution in [0.1, 0.15) is 25.8 Å². The zero-order valence-corrected chi connectivity index (χ0v) is 9.53. The van der Waals surface area contributed by atoms with Gasteiger partial charge in [0.05, 0.1) is 6.61 Å².